The third kappa shape index (κ3) is 1.48. The van der Waals surface area contributed by atoms with E-state index in [0.29, 0.717) is 11.8 Å². The molecule has 1 unspecified atom stereocenters. The molecule has 2 aliphatic carbocycles. The van der Waals surface area contributed by atoms with Crippen LogP contribution in [0.15, 0.2) is 12.2 Å². The van der Waals surface area contributed by atoms with Crippen molar-refractivity contribution in [1.29, 1.82) is 0 Å². The zero-order valence-electron chi connectivity index (χ0n) is 11.2. The molecule has 1 N–H and O–H groups in total. The average molecular weight is 222 g/mol. The summed E-state index contributed by atoms with van der Waals surface area (Å²) in [4.78, 5) is 0. The normalized spacial score (nSPS) is 46.4. The molecule has 0 heterocycles. The minimum atomic E-state index is -0.164. The number of aliphatic hydroxyl groups excluding tert-OH is 1. The van der Waals surface area contributed by atoms with Gasteiger partial charge in [0.1, 0.15) is 0 Å². The first kappa shape index (κ1) is 12.2. The third-order valence-corrected chi connectivity index (χ3v) is 5.39. The maximum absolute atomic E-state index is 10.9. The minimum Gasteiger partial charge on any atom is -0.392 e. The lowest BCUT2D eigenvalue weighted by molar-refractivity contribution is -0.0876. The summed E-state index contributed by atoms with van der Waals surface area (Å²) in [5.41, 5.74) is 0.163. The van der Waals surface area contributed by atoms with Crippen LogP contribution < -0.4 is 0 Å². The second-order valence-corrected chi connectivity index (χ2v) is 6.57. The van der Waals surface area contributed by atoms with E-state index in [4.69, 9.17) is 0 Å². The molecule has 0 spiro atoms. The first-order chi connectivity index (χ1) is 7.45. The summed E-state index contributed by atoms with van der Waals surface area (Å²) in [5.74, 6) is 1.25. The average Bonchev–Trinajstić information content (AvgIpc) is 2.50. The van der Waals surface area contributed by atoms with E-state index in [9.17, 15) is 5.11 Å². The van der Waals surface area contributed by atoms with Gasteiger partial charge in [0.05, 0.1) is 6.10 Å². The molecular weight excluding hydrogens is 196 g/mol. The van der Waals surface area contributed by atoms with Gasteiger partial charge in [0, 0.05) is 5.41 Å². The number of rotatable bonds is 1. The van der Waals surface area contributed by atoms with E-state index in [-0.39, 0.29) is 16.9 Å². The van der Waals surface area contributed by atoms with Crippen molar-refractivity contribution in [3.63, 3.8) is 0 Å². The van der Waals surface area contributed by atoms with Crippen LogP contribution in [0, 0.1) is 22.7 Å². The number of hydrogen-bond acceptors (Lipinski definition) is 1. The Balaban J connectivity index is 2.45. The van der Waals surface area contributed by atoms with Gasteiger partial charge in [-0.05, 0) is 42.9 Å². The predicted molar refractivity (Wildman–Crippen MR) is 68.2 cm³/mol. The lowest BCUT2D eigenvalue weighted by atomic mass is 9.61. The number of aliphatic hydroxyl groups is 1. The van der Waals surface area contributed by atoms with Gasteiger partial charge in [0.2, 0.25) is 0 Å². The second kappa shape index (κ2) is 3.87. The van der Waals surface area contributed by atoms with Crippen LogP contribution in [0.5, 0.6) is 0 Å². The Kier molecular flexibility index (Phi) is 2.94. The van der Waals surface area contributed by atoms with Gasteiger partial charge in [0.15, 0.2) is 0 Å². The van der Waals surface area contributed by atoms with E-state index in [1.165, 1.54) is 12.8 Å². The quantitative estimate of drug-likeness (QED) is 0.669. The molecule has 92 valence electrons. The highest BCUT2D eigenvalue weighted by atomic mass is 16.3. The Morgan fingerprint density at radius 1 is 1.31 bits per heavy atom. The van der Waals surface area contributed by atoms with E-state index in [0.717, 1.165) is 12.8 Å². The van der Waals surface area contributed by atoms with Crippen molar-refractivity contribution in [3.05, 3.63) is 12.2 Å². The number of hydrogen-bond donors (Lipinski definition) is 1. The van der Waals surface area contributed by atoms with Gasteiger partial charge in [-0.15, -0.1) is 0 Å². The van der Waals surface area contributed by atoms with Crippen LogP contribution in [-0.2, 0) is 0 Å². The first-order valence-corrected chi connectivity index (χ1v) is 6.80. The van der Waals surface area contributed by atoms with Crippen molar-refractivity contribution in [2.24, 2.45) is 22.7 Å². The summed E-state index contributed by atoms with van der Waals surface area (Å²) >= 11 is 0. The van der Waals surface area contributed by atoms with Gasteiger partial charge in [-0.25, -0.2) is 0 Å². The van der Waals surface area contributed by atoms with Gasteiger partial charge in [-0.1, -0.05) is 39.8 Å². The van der Waals surface area contributed by atoms with E-state index in [1.54, 1.807) is 0 Å². The molecule has 1 saturated carbocycles. The molecule has 2 rings (SSSR count). The molecule has 0 amide bonds. The highest BCUT2D eigenvalue weighted by Crippen LogP contribution is 2.58. The van der Waals surface area contributed by atoms with Crippen LogP contribution in [0.1, 0.15) is 53.4 Å². The molecule has 0 aromatic carbocycles. The summed E-state index contributed by atoms with van der Waals surface area (Å²) in [7, 11) is 0. The van der Waals surface area contributed by atoms with Gasteiger partial charge in [-0.2, -0.15) is 0 Å². The maximum atomic E-state index is 10.9. The van der Waals surface area contributed by atoms with Gasteiger partial charge in [0.25, 0.3) is 0 Å². The Hall–Kier alpha value is -0.300. The van der Waals surface area contributed by atoms with Crippen molar-refractivity contribution >= 4 is 0 Å². The molecule has 1 heteroatoms. The number of allylic oxidation sites excluding steroid dienone is 2. The van der Waals surface area contributed by atoms with Gasteiger partial charge in [-0.3, -0.25) is 0 Å². The van der Waals surface area contributed by atoms with Crippen LogP contribution in [0.25, 0.3) is 0 Å². The third-order valence-electron chi connectivity index (χ3n) is 5.39. The molecule has 0 aromatic rings. The van der Waals surface area contributed by atoms with Crippen LogP contribution in [0.4, 0.5) is 0 Å². The smallest absolute Gasteiger partial charge is 0.0658 e. The van der Waals surface area contributed by atoms with Crippen LogP contribution in [0.2, 0.25) is 0 Å². The van der Waals surface area contributed by atoms with Crippen molar-refractivity contribution in [2.75, 3.05) is 0 Å². The van der Waals surface area contributed by atoms with E-state index >= 15 is 0 Å². The molecule has 1 nitrogen and oxygen atoms in total. The summed E-state index contributed by atoms with van der Waals surface area (Å²) in [5, 5.41) is 10.9. The Bertz CT molecular complexity index is 292. The first-order valence-electron chi connectivity index (χ1n) is 6.80. The van der Waals surface area contributed by atoms with Gasteiger partial charge >= 0.3 is 0 Å². The highest BCUT2D eigenvalue weighted by Gasteiger charge is 2.55. The summed E-state index contributed by atoms with van der Waals surface area (Å²) in [6.07, 6.45) is 9.19. The van der Waals surface area contributed by atoms with Crippen molar-refractivity contribution in [1.82, 2.24) is 0 Å². The van der Waals surface area contributed by atoms with E-state index < -0.39 is 0 Å². The van der Waals surface area contributed by atoms with Crippen molar-refractivity contribution in [2.45, 2.75) is 59.5 Å². The van der Waals surface area contributed by atoms with Crippen molar-refractivity contribution in [3.8, 4) is 0 Å². The van der Waals surface area contributed by atoms with E-state index in [1.807, 2.05) is 0 Å². The molecule has 0 saturated heterocycles. The molecule has 0 bridgehead atoms. The van der Waals surface area contributed by atoms with Crippen LogP contribution in [-0.4, -0.2) is 11.2 Å². The summed E-state index contributed by atoms with van der Waals surface area (Å²) in [6, 6.07) is 0. The highest BCUT2D eigenvalue weighted by molar-refractivity contribution is 5.14. The zero-order valence-corrected chi connectivity index (χ0v) is 11.2. The monoisotopic (exact) mass is 222 g/mol. The molecule has 0 radical (unpaired) electrons. The van der Waals surface area contributed by atoms with Gasteiger partial charge < -0.3 is 5.11 Å². The van der Waals surface area contributed by atoms with Crippen LogP contribution >= 0.6 is 0 Å². The fraction of sp³-hybridized carbons (Fsp3) is 0.867. The molecule has 16 heavy (non-hydrogen) atoms. The van der Waals surface area contributed by atoms with E-state index in [2.05, 4.69) is 39.8 Å². The second-order valence-electron chi connectivity index (χ2n) is 6.57. The fourth-order valence-corrected chi connectivity index (χ4v) is 4.26. The standard InChI is InChI=1S/C15H26O/c1-5-15-11(2)8-9-12(15)7-6-10-14(3,4)13(15)16/h6-7,11-13,16H,5,8-10H2,1-4H3/t11-,12-,13?,15+/m1/s1. The molecule has 4 atom stereocenters. The lowest BCUT2D eigenvalue weighted by Gasteiger charge is -2.47. The molecular formula is C15H26O. The lowest BCUT2D eigenvalue weighted by Crippen LogP contribution is -2.48. The Morgan fingerprint density at radius 3 is 2.62 bits per heavy atom. The molecule has 2 aliphatic rings. The predicted octanol–water partition coefficient (Wildman–Crippen LogP) is 3.78. The summed E-state index contributed by atoms with van der Waals surface area (Å²) < 4.78 is 0. The topological polar surface area (TPSA) is 20.2 Å². The fourth-order valence-electron chi connectivity index (χ4n) is 4.26. The largest absolute Gasteiger partial charge is 0.392 e. The zero-order chi connectivity index (χ0) is 12.0. The number of fused-ring (bicyclic) bond motifs is 1. The maximum Gasteiger partial charge on any atom is 0.0658 e. The molecule has 0 aromatic heterocycles. The Labute approximate surface area is 99.9 Å². The molecule has 1 fully saturated rings. The minimum absolute atomic E-state index is 0.0276. The SMILES string of the molecule is CC[C@@]12C(O)C(C)(C)CC=C[C@@H]1CC[C@H]2C. The Morgan fingerprint density at radius 2 is 2.00 bits per heavy atom. The van der Waals surface area contributed by atoms with Crippen LogP contribution in [0.3, 0.4) is 0 Å². The molecule has 0 aliphatic heterocycles. The summed E-state index contributed by atoms with van der Waals surface area (Å²) in [6.45, 7) is 9.02. The van der Waals surface area contributed by atoms with Crippen molar-refractivity contribution < 1.29 is 5.11 Å².